The second-order valence-electron chi connectivity index (χ2n) is 5.59. The van der Waals surface area contributed by atoms with E-state index in [1.165, 1.54) is 64.2 Å². The average molecular weight is 278 g/mol. The van der Waals surface area contributed by atoms with Gasteiger partial charge in [-0.1, -0.05) is 63.7 Å². The summed E-state index contributed by atoms with van der Waals surface area (Å²) in [5.41, 5.74) is 0. The maximum atomic E-state index is 11.2. The van der Waals surface area contributed by atoms with Gasteiger partial charge in [0.2, 0.25) is 0 Å². The van der Waals surface area contributed by atoms with Crippen molar-refractivity contribution in [2.45, 2.75) is 90.9 Å². The summed E-state index contributed by atoms with van der Waals surface area (Å²) < 4.78 is 0. The van der Waals surface area contributed by atoms with E-state index < -0.39 is 0 Å². The number of rotatable bonds is 14. The number of carbonyl (C=O) groups is 1. The van der Waals surface area contributed by atoms with Crippen molar-refractivity contribution in [3.8, 4) is 0 Å². The van der Waals surface area contributed by atoms with Gasteiger partial charge in [-0.25, -0.2) is 0 Å². The standard InChI is InChI=1S/C19H34O/c1-3-5-6-7-8-9-10-11-12-13-14-15-16-18-19(20)17-4-2/h4,9-10,17H,3,5-8,11-16,18H2,1-2H3. The van der Waals surface area contributed by atoms with Crippen LogP contribution in [-0.4, -0.2) is 5.78 Å². The molecule has 0 spiro atoms. The summed E-state index contributed by atoms with van der Waals surface area (Å²) in [6.07, 6.45) is 23.0. The highest BCUT2D eigenvalue weighted by Gasteiger charge is 1.96. The van der Waals surface area contributed by atoms with E-state index in [-0.39, 0.29) is 5.78 Å². The summed E-state index contributed by atoms with van der Waals surface area (Å²) in [6, 6.07) is 0. The molecule has 116 valence electrons. The second kappa shape index (κ2) is 16.2. The van der Waals surface area contributed by atoms with Gasteiger partial charge in [0.1, 0.15) is 0 Å². The smallest absolute Gasteiger partial charge is 0.155 e. The molecule has 0 radical (unpaired) electrons. The van der Waals surface area contributed by atoms with Crippen LogP contribution in [-0.2, 0) is 4.79 Å². The van der Waals surface area contributed by atoms with Crippen LogP contribution in [0.2, 0.25) is 0 Å². The van der Waals surface area contributed by atoms with Gasteiger partial charge in [0, 0.05) is 6.42 Å². The van der Waals surface area contributed by atoms with E-state index in [9.17, 15) is 4.79 Å². The fraction of sp³-hybridized carbons (Fsp3) is 0.737. The fourth-order valence-electron chi connectivity index (χ4n) is 2.29. The Labute approximate surface area is 126 Å². The van der Waals surface area contributed by atoms with E-state index in [1.807, 2.05) is 13.0 Å². The van der Waals surface area contributed by atoms with Gasteiger partial charge < -0.3 is 0 Å². The van der Waals surface area contributed by atoms with Gasteiger partial charge in [-0.05, 0) is 45.1 Å². The molecule has 1 heteroatoms. The number of hydrogen-bond donors (Lipinski definition) is 0. The first-order valence-electron chi connectivity index (χ1n) is 8.61. The molecule has 0 aromatic rings. The Morgan fingerprint density at radius 1 is 0.800 bits per heavy atom. The molecule has 0 amide bonds. The molecule has 0 unspecified atom stereocenters. The van der Waals surface area contributed by atoms with Crippen molar-refractivity contribution in [3.63, 3.8) is 0 Å². The van der Waals surface area contributed by atoms with Gasteiger partial charge in [-0.15, -0.1) is 0 Å². The third-order valence-corrected chi connectivity index (χ3v) is 3.54. The number of carbonyl (C=O) groups excluding carboxylic acids is 1. The van der Waals surface area contributed by atoms with Crippen LogP contribution < -0.4 is 0 Å². The van der Waals surface area contributed by atoms with Crippen LogP contribution in [0.4, 0.5) is 0 Å². The maximum absolute atomic E-state index is 11.2. The van der Waals surface area contributed by atoms with E-state index in [0.29, 0.717) is 0 Å². The first-order valence-corrected chi connectivity index (χ1v) is 8.61. The maximum Gasteiger partial charge on any atom is 0.155 e. The molecule has 0 aromatic heterocycles. The summed E-state index contributed by atoms with van der Waals surface area (Å²) in [7, 11) is 0. The largest absolute Gasteiger partial charge is 0.295 e. The molecule has 0 rings (SSSR count). The minimum Gasteiger partial charge on any atom is -0.295 e. The monoisotopic (exact) mass is 278 g/mol. The highest BCUT2D eigenvalue weighted by Crippen LogP contribution is 2.09. The lowest BCUT2D eigenvalue weighted by molar-refractivity contribution is -0.114. The predicted octanol–water partition coefficient (Wildman–Crippen LogP) is 6.39. The second-order valence-corrected chi connectivity index (χ2v) is 5.59. The van der Waals surface area contributed by atoms with Crippen molar-refractivity contribution >= 4 is 5.78 Å². The molecule has 0 aromatic carbocycles. The van der Waals surface area contributed by atoms with Gasteiger partial charge in [0.25, 0.3) is 0 Å². The van der Waals surface area contributed by atoms with Gasteiger partial charge in [-0.3, -0.25) is 4.79 Å². The SMILES string of the molecule is CC=CC(=O)CCCCCCCC=CCCCCCC. The Kier molecular flexibility index (Phi) is 15.5. The first kappa shape index (κ1) is 19.1. The first-order chi connectivity index (χ1) is 9.81. The quantitative estimate of drug-likeness (QED) is 0.204. The molecule has 1 nitrogen and oxygen atoms in total. The molecule has 0 atom stereocenters. The zero-order valence-electron chi connectivity index (χ0n) is 13.7. The fourth-order valence-corrected chi connectivity index (χ4v) is 2.29. The average Bonchev–Trinajstić information content (AvgIpc) is 2.44. The topological polar surface area (TPSA) is 17.1 Å². The molecule has 0 bridgehead atoms. The third-order valence-electron chi connectivity index (χ3n) is 3.54. The van der Waals surface area contributed by atoms with Crippen LogP contribution in [0, 0.1) is 0 Å². The normalized spacial score (nSPS) is 11.7. The zero-order valence-corrected chi connectivity index (χ0v) is 13.7. The number of ketones is 1. The zero-order chi connectivity index (χ0) is 14.9. The molecular weight excluding hydrogens is 244 g/mol. The van der Waals surface area contributed by atoms with Gasteiger partial charge in [0.15, 0.2) is 5.78 Å². The summed E-state index contributed by atoms with van der Waals surface area (Å²) in [5.74, 6) is 0.276. The summed E-state index contributed by atoms with van der Waals surface area (Å²) in [5, 5.41) is 0. The Hall–Kier alpha value is -0.850. The highest BCUT2D eigenvalue weighted by molar-refractivity contribution is 5.89. The van der Waals surface area contributed by atoms with E-state index in [1.54, 1.807) is 6.08 Å². The molecule has 0 fully saturated rings. The Balaban J connectivity index is 3.16. The molecule has 0 N–H and O–H groups in total. The molecule has 0 heterocycles. The van der Waals surface area contributed by atoms with Gasteiger partial charge in [-0.2, -0.15) is 0 Å². The minimum absolute atomic E-state index is 0.276. The highest BCUT2D eigenvalue weighted by atomic mass is 16.1. The van der Waals surface area contributed by atoms with E-state index >= 15 is 0 Å². The molecule has 0 saturated carbocycles. The molecule has 20 heavy (non-hydrogen) atoms. The lowest BCUT2D eigenvalue weighted by Gasteiger charge is -1.99. The Bertz CT molecular complexity index is 263. The van der Waals surface area contributed by atoms with E-state index in [0.717, 1.165) is 12.8 Å². The molecular formula is C19H34O. The molecule has 0 aliphatic rings. The summed E-state index contributed by atoms with van der Waals surface area (Å²) >= 11 is 0. The summed E-state index contributed by atoms with van der Waals surface area (Å²) in [4.78, 5) is 11.2. The van der Waals surface area contributed by atoms with Crippen LogP contribution in [0.3, 0.4) is 0 Å². The van der Waals surface area contributed by atoms with Crippen molar-refractivity contribution in [3.05, 3.63) is 24.3 Å². The van der Waals surface area contributed by atoms with Crippen molar-refractivity contribution in [1.29, 1.82) is 0 Å². The Morgan fingerprint density at radius 2 is 1.35 bits per heavy atom. The number of unbranched alkanes of at least 4 members (excludes halogenated alkanes) is 9. The molecule has 0 aliphatic heterocycles. The van der Waals surface area contributed by atoms with Crippen LogP contribution in [0.15, 0.2) is 24.3 Å². The lowest BCUT2D eigenvalue weighted by Crippen LogP contribution is -1.91. The summed E-state index contributed by atoms with van der Waals surface area (Å²) in [6.45, 7) is 4.15. The van der Waals surface area contributed by atoms with Crippen molar-refractivity contribution in [2.75, 3.05) is 0 Å². The number of allylic oxidation sites excluding steroid dienone is 4. The van der Waals surface area contributed by atoms with E-state index in [4.69, 9.17) is 0 Å². The van der Waals surface area contributed by atoms with Crippen LogP contribution in [0.5, 0.6) is 0 Å². The molecule has 0 aliphatic carbocycles. The van der Waals surface area contributed by atoms with Crippen LogP contribution >= 0.6 is 0 Å². The van der Waals surface area contributed by atoms with Gasteiger partial charge in [0.05, 0.1) is 0 Å². The third kappa shape index (κ3) is 15.2. The van der Waals surface area contributed by atoms with Crippen molar-refractivity contribution in [1.82, 2.24) is 0 Å². The van der Waals surface area contributed by atoms with Crippen LogP contribution in [0.25, 0.3) is 0 Å². The van der Waals surface area contributed by atoms with Crippen LogP contribution in [0.1, 0.15) is 90.9 Å². The van der Waals surface area contributed by atoms with E-state index in [2.05, 4.69) is 19.1 Å². The minimum atomic E-state index is 0.276. The van der Waals surface area contributed by atoms with Crippen molar-refractivity contribution < 1.29 is 4.79 Å². The predicted molar refractivity (Wildman–Crippen MR) is 90.0 cm³/mol. The lowest BCUT2D eigenvalue weighted by atomic mass is 10.1. The molecule has 0 saturated heterocycles. The van der Waals surface area contributed by atoms with Gasteiger partial charge >= 0.3 is 0 Å². The van der Waals surface area contributed by atoms with Crippen molar-refractivity contribution in [2.24, 2.45) is 0 Å². The Morgan fingerprint density at radius 3 is 1.95 bits per heavy atom. The number of hydrogen-bond acceptors (Lipinski definition) is 1.